The van der Waals surface area contributed by atoms with Crippen LogP contribution in [0, 0.1) is 5.92 Å². The Labute approximate surface area is 530 Å². The van der Waals surface area contributed by atoms with Gasteiger partial charge in [-0.3, -0.25) is 65.9 Å². The minimum absolute atomic E-state index is 0.0211. The van der Waals surface area contributed by atoms with Crippen molar-refractivity contribution in [3.05, 3.63) is 70.7 Å². The number of ether oxygens (including phenoxy) is 5. The van der Waals surface area contributed by atoms with Crippen LogP contribution in [0.4, 0.5) is 36.2 Å². The van der Waals surface area contributed by atoms with Crippen LogP contribution in [-0.4, -0.2) is 188 Å². The Morgan fingerprint density at radius 1 is 0.902 bits per heavy atom. The van der Waals surface area contributed by atoms with Gasteiger partial charge in [-0.15, -0.1) is 0 Å². The summed E-state index contributed by atoms with van der Waals surface area (Å²) in [5.74, 6) is -3.81. The number of thiol groups is 2. The first kappa shape index (κ1) is 68.3. The van der Waals surface area contributed by atoms with E-state index in [4.69, 9.17) is 59.0 Å². The Balaban J connectivity index is 0.798. The number of aliphatic imine (C=N–C) groups is 1. The number of halogens is 1. The Kier molecular flexibility index (Phi) is 21.7. The maximum atomic E-state index is 16.5. The normalized spacial score (nSPS) is 26.7. The van der Waals surface area contributed by atoms with Crippen molar-refractivity contribution >= 4 is 121 Å². The third-order valence-electron chi connectivity index (χ3n) is 14.5. The summed E-state index contributed by atoms with van der Waals surface area (Å²) in [5, 5.41) is 13.2. The number of fused-ring (bicyclic) bond motifs is 4. The number of nitrogens with two attached hydrogens (primary N) is 3. The van der Waals surface area contributed by atoms with Crippen molar-refractivity contribution in [2.75, 3.05) is 57.6 Å². The minimum atomic E-state index is -4.69. The lowest BCUT2D eigenvalue weighted by Crippen LogP contribution is -2.54. The number of hydrogen-bond donors (Lipinski definition) is 11. The number of imidazole rings is 2. The van der Waals surface area contributed by atoms with E-state index in [0.29, 0.717) is 5.56 Å². The molecular formula is C50H64FN17O20P2S2. The number of alkyl halides is 1. The van der Waals surface area contributed by atoms with Crippen molar-refractivity contribution in [3.8, 4) is 0 Å². The summed E-state index contributed by atoms with van der Waals surface area (Å²) in [6.07, 6.45) is -11.1. The standard InChI is InChI=1S/C50H64FN17O20P2S2/c1-23(2)33(62-29(69)12-14-66-30(70)10-11-31(66)71)43(73)61-26(5-4-13-55-48(54)75)42(72)60-25-8-6-24(7-9-25)17-81-49(76)65(3)15-16-80-50(77)86-38-37-28(85-46(38)67-21-58-34-39(52)56-20-57-40(34)67)19-83-89(78,91)87-36-27(18-82-90(79,92)88-37)84-45(32(36)51)68-22-59-35-41(68)63-47(53)64-44(35)74/h6-11,20-23,26-28,32-33,36-39,45-46H,4-5,12-19,52H2,1-3H3,(H,56,57)(H,60,72)(H,61,73)(H,62,69)(H,78,91)(H,79,92)(H3,54,55,75)(H3,53,63,64,74)/t26-,27+,28+,32+,33-,36+,37+,38+,39?,45+,46+,89-,90+/m0/s1. The van der Waals surface area contributed by atoms with Gasteiger partial charge in [0.15, 0.2) is 41.7 Å². The predicted octanol–water partition coefficient (Wildman–Crippen LogP) is 0.963. The minimum Gasteiger partial charge on any atom is -0.445 e. The molecule has 3 saturated heterocycles. The average Bonchev–Trinajstić information content (AvgIpc) is 1.61. The summed E-state index contributed by atoms with van der Waals surface area (Å²) in [6, 6.07) is 2.98. The highest BCUT2D eigenvalue weighted by Gasteiger charge is 2.56. The highest BCUT2D eigenvalue weighted by atomic mass is 32.7. The first-order valence-electron chi connectivity index (χ1n) is 28.0. The lowest BCUT2D eigenvalue weighted by Gasteiger charge is -2.29. The molecule has 9 rings (SSSR count). The van der Waals surface area contributed by atoms with E-state index in [-0.39, 0.29) is 79.8 Å². The van der Waals surface area contributed by atoms with Gasteiger partial charge in [0.1, 0.15) is 61.6 Å². The van der Waals surface area contributed by atoms with Gasteiger partial charge in [0, 0.05) is 44.4 Å². The number of hydrogen-bond acceptors (Lipinski definition) is 27. The molecule has 3 fully saturated rings. The van der Waals surface area contributed by atoms with Crippen LogP contribution < -0.4 is 49.3 Å². The quantitative estimate of drug-likeness (QED) is 0.0182. The molecule has 0 radical (unpaired) electrons. The number of urea groups is 1. The van der Waals surface area contributed by atoms with Gasteiger partial charge in [-0.05, 0) is 36.5 Å². The third kappa shape index (κ3) is 16.6. The number of carbonyl (C=O) groups is 8. The van der Waals surface area contributed by atoms with Crippen LogP contribution >= 0.6 is 38.1 Å². The molecule has 37 nitrogen and oxygen atoms in total. The molecule has 0 bridgehead atoms. The molecule has 0 spiro atoms. The number of nitrogen functional groups attached to an aromatic ring is 1. The SMILES string of the molecule is CC(C)[C@H](NC(=O)CCN1C(=O)C=CC1=O)C(=O)N[C@@H](CCCNC(N)=O)C(=O)Nc1ccc(COC(=O)N(C)CCOC(=O)O[C@@H]2[C@@H]3O[P@](=O)(S)OC[C@H]4O[C@@H](n5cnc6c(=O)[nH]c(N)nc65)[C@H](F)[C@@H]4O[P@@](=O)(S)OC[C@H]3O[C@H]2n2cnc3c2N=CNC3N)cc1. The molecule has 5 aliphatic rings. The van der Waals surface area contributed by atoms with E-state index < -0.39 is 160 Å². The van der Waals surface area contributed by atoms with E-state index in [1.165, 1.54) is 36.4 Å². The largest absolute Gasteiger partial charge is 0.508 e. The van der Waals surface area contributed by atoms with Crippen molar-refractivity contribution in [1.82, 2.24) is 60.1 Å². The highest BCUT2D eigenvalue weighted by Crippen LogP contribution is 2.61. The molecule has 498 valence electrons. The molecule has 0 saturated carbocycles. The van der Waals surface area contributed by atoms with Crippen molar-refractivity contribution in [2.45, 2.75) is 107 Å². The molecule has 12 N–H and O–H groups in total. The summed E-state index contributed by atoms with van der Waals surface area (Å²) in [5.41, 5.74) is 16.9. The van der Waals surface area contributed by atoms with E-state index in [2.05, 4.69) is 76.0 Å². The summed E-state index contributed by atoms with van der Waals surface area (Å²) >= 11 is 8.27. The van der Waals surface area contributed by atoms with Crippen LogP contribution in [0.25, 0.3) is 11.2 Å². The summed E-state index contributed by atoms with van der Waals surface area (Å²) < 4.78 is 98.7. The third-order valence-corrected chi connectivity index (χ3v) is 17.7. The van der Waals surface area contributed by atoms with Gasteiger partial charge in [-0.25, -0.2) is 42.9 Å². The molecule has 4 aromatic rings. The molecule has 8 heterocycles. The van der Waals surface area contributed by atoms with E-state index in [0.717, 1.165) is 32.8 Å². The average molecular weight is 1370 g/mol. The number of nitrogens with zero attached hydrogens (tertiary/aromatic N) is 8. The van der Waals surface area contributed by atoms with Gasteiger partial charge in [0.25, 0.3) is 17.4 Å². The molecule has 1 unspecified atom stereocenters. The lowest BCUT2D eigenvalue weighted by molar-refractivity contribution is -0.137. The van der Waals surface area contributed by atoms with E-state index in [1.54, 1.807) is 26.0 Å². The molecule has 92 heavy (non-hydrogen) atoms. The summed E-state index contributed by atoms with van der Waals surface area (Å²) in [7, 11) is 1.34. The number of benzene rings is 1. The fraction of sp³-hybridized carbons (Fsp3) is 0.500. The molecule has 1 aromatic carbocycles. The maximum absolute atomic E-state index is 16.5. The maximum Gasteiger partial charge on any atom is 0.508 e. The number of anilines is 2. The molecule has 13 atom stereocenters. The Hall–Kier alpha value is -8.04. The Morgan fingerprint density at radius 2 is 1.57 bits per heavy atom. The van der Waals surface area contributed by atoms with Crippen LogP contribution in [0.3, 0.4) is 0 Å². The number of likely N-dealkylation sites (N-methyl/N-ethyl adjacent to an activating group) is 1. The fourth-order valence-electron chi connectivity index (χ4n) is 9.86. The first-order chi connectivity index (χ1) is 43.6. The molecule has 3 aromatic heterocycles. The number of rotatable bonds is 21. The number of amides is 8. The number of aromatic amines is 1. The summed E-state index contributed by atoms with van der Waals surface area (Å²) in [6.45, 7) is -8.81. The van der Waals surface area contributed by atoms with Crippen molar-refractivity contribution in [1.29, 1.82) is 0 Å². The Bertz CT molecular complexity index is 3680. The van der Waals surface area contributed by atoms with Gasteiger partial charge >= 0.3 is 31.9 Å². The van der Waals surface area contributed by atoms with Crippen LogP contribution in [0.15, 0.2) is 58.9 Å². The number of carbonyl (C=O) groups excluding carboxylic acids is 8. The second-order valence-corrected chi connectivity index (χ2v) is 27.1. The van der Waals surface area contributed by atoms with E-state index in [1.807, 2.05) is 0 Å². The number of nitrogens with one attached hydrogen (secondary N) is 6. The smallest absolute Gasteiger partial charge is 0.445 e. The zero-order valence-corrected chi connectivity index (χ0v) is 52.4. The number of H-pyrrole nitrogens is 1. The zero-order chi connectivity index (χ0) is 66.3. The van der Waals surface area contributed by atoms with Crippen molar-refractivity contribution in [2.24, 2.45) is 22.4 Å². The fourth-order valence-corrected chi connectivity index (χ4v) is 12.8. The monoisotopic (exact) mass is 1370 g/mol. The number of aromatic nitrogens is 6. The van der Waals surface area contributed by atoms with Crippen LogP contribution in [0.5, 0.6) is 0 Å². The van der Waals surface area contributed by atoms with Crippen molar-refractivity contribution in [3.63, 3.8) is 0 Å². The Morgan fingerprint density at radius 3 is 2.25 bits per heavy atom. The van der Waals surface area contributed by atoms with Gasteiger partial charge in [0.2, 0.25) is 23.7 Å². The van der Waals surface area contributed by atoms with Gasteiger partial charge in [-0.2, -0.15) is 4.98 Å². The van der Waals surface area contributed by atoms with Crippen LogP contribution in [0.2, 0.25) is 0 Å². The van der Waals surface area contributed by atoms with Gasteiger partial charge in [0.05, 0.1) is 38.8 Å². The number of primary amides is 1. The molecular weight excluding hydrogens is 1300 g/mol. The second-order valence-electron chi connectivity index (χ2n) is 21.3. The predicted molar refractivity (Wildman–Crippen MR) is 321 cm³/mol. The van der Waals surface area contributed by atoms with E-state index in [9.17, 15) is 52.3 Å². The van der Waals surface area contributed by atoms with E-state index >= 15 is 4.39 Å². The van der Waals surface area contributed by atoms with Gasteiger partial charge in [-0.1, -0.05) is 50.5 Å². The van der Waals surface area contributed by atoms with Crippen molar-refractivity contribution < 1.29 is 93.7 Å². The first-order valence-corrected chi connectivity index (χ1v) is 33.4. The summed E-state index contributed by atoms with van der Waals surface area (Å²) in [4.78, 5) is 136. The van der Waals surface area contributed by atoms with Crippen LogP contribution in [-0.2, 0) is 81.5 Å². The molecule has 5 aliphatic heterocycles. The number of imide groups is 1. The van der Waals surface area contributed by atoms with Crippen LogP contribution in [0.1, 0.15) is 63.0 Å². The zero-order valence-electron chi connectivity index (χ0n) is 48.8. The van der Waals surface area contributed by atoms with Gasteiger partial charge < -0.3 is 72.4 Å². The second kappa shape index (κ2) is 29.3. The molecule has 0 aliphatic carbocycles. The lowest BCUT2D eigenvalue weighted by atomic mass is 10.0. The highest BCUT2D eigenvalue weighted by molar-refractivity contribution is 8.44. The molecule has 8 amide bonds. The topological polar surface area (TPSA) is 492 Å². The molecule has 42 heteroatoms.